The third-order valence-corrected chi connectivity index (χ3v) is 2.77. The molecule has 0 saturated carbocycles. The van der Waals surface area contributed by atoms with Gasteiger partial charge in [-0.2, -0.15) is 5.26 Å². The lowest BCUT2D eigenvalue weighted by Crippen LogP contribution is -2.03. The van der Waals surface area contributed by atoms with Crippen molar-refractivity contribution in [1.29, 1.82) is 5.26 Å². The Morgan fingerprint density at radius 3 is 2.61 bits per heavy atom. The number of aryl methyl sites for hydroxylation is 1. The molecule has 0 aliphatic heterocycles. The molecule has 0 atom stereocenters. The van der Waals surface area contributed by atoms with E-state index in [9.17, 15) is 0 Å². The molecule has 2 aromatic rings. The van der Waals surface area contributed by atoms with Crippen LogP contribution in [0.2, 0.25) is 0 Å². The number of aromatic nitrogens is 2. The molecule has 1 heterocycles. The quantitative estimate of drug-likeness (QED) is 0.885. The van der Waals surface area contributed by atoms with Gasteiger partial charge >= 0.3 is 0 Å². The first kappa shape index (κ1) is 12.5. The van der Waals surface area contributed by atoms with Crippen molar-refractivity contribution in [2.45, 2.75) is 13.5 Å². The molecule has 0 aliphatic carbocycles. The first-order valence-electron chi connectivity index (χ1n) is 5.41. The predicted octanol–water partition coefficient (Wildman–Crippen LogP) is 3.03. The summed E-state index contributed by atoms with van der Waals surface area (Å²) in [6, 6.07) is 11.4. The molecule has 4 nitrogen and oxygen atoms in total. The average Bonchev–Trinajstić information content (AvgIpc) is 2.36. The summed E-state index contributed by atoms with van der Waals surface area (Å²) in [5.74, 6) is 1.49. The van der Waals surface area contributed by atoms with Crippen LogP contribution in [0.15, 0.2) is 34.9 Å². The number of anilines is 1. The topological polar surface area (TPSA) is 61.6 Å². The molecule has 1 aromatic carbocycles. The van der Waals surface area contributed by atoms with Gasteiger partial charge < -0.3 is 5.32 Å². The summed E-state index contributed by atoms with van der Waals surface area (Å²) in [7, 11) is 0. The van der Waals surface area contributed by atoms with Crippen LogP contribution < -0.4 is 5.32 Å². The van der Waals surface area contributed by atoms with Crippen LogP contribution >= 0.6 is 15.9 Å². The van der Waals surface area contributed by atoms with Crippen LogP contribution in [0.4, 0.5) is 5.82 Å². The van der Waals surface area contributed by atoms with Gasteiger partial charge in [0.05, 0.1) is 11.6 Å². The SMILES string of the molecule is Cc1nc(Br)cc(NCc2ccc(C#N)cc2)n1. The normalized spacial score (nSPS) is 9.83. The number of benzene rings is 1. The third-order valence-electron chi connectivity index (χ3n) is 2.36. The number of halogens is 1. The number of hydrogen-bond acceptors (Lipinski definition) is 4. The Bertz CT molecular complexity index is 567. The van der Waals surface area contributed by atoms with Gasteiger partial charge in [0.2, 0.25) is 0 Å². The van der Waals surface area contributed by atoms with Crippen molar-refractivity contribution in [3.05, 3.63) is 51.9 Å². The maximum absolute atomic E-state index is 8.71. The highest BCUT2D eigenvalue weighted by Gasteiger charge is 2.00. The van der Waals surface area contributed by atoms with Gasteiger partial charge in [0, 0.05) is 12.6 Å². The van der Waals surface area contributed by atoms with E-state index in [4.69, 9.17) is 5.26 Å². The monoisotopic (exact) mass is 302 g/mol. The van der Waals surface area contributed by atoms with Crippen LogP contribution in [-0.2, 0) is 6.54 Å². The fourth-order valence-electron chi connectivity index (χ4n) is 1.51. The van der Waals surface area contributed by atoms with Crippen LogP contribution in [0.3, 0.4) is 0 Å². The maximum Gasteiger partial charge on any atom is 0.131 e. The second kappa shape index (κ2) is 5.61. The molecule has 0 fully saturated rings. The third kappa shape index (κ3) is 3.28. The summed E-state index contributed by atoms with van der Waals surface area (Å²) in [5, 5.41) is 11.9. The molecule has 2 rings (SSSR count). The summed E-state index contributed by atoms with van der Waals surface area (Å²) >= 11 is 3.33. The van der Waals surface area contributed by atoms with Gasteiger partial charge in [0.1, 0.15) is 16.2 Å². The molecule has 0 amide bonds. The fraction of sp³-hybridized carbons (Fsp3) is 0.154. The number of hydrogen-bond donors (Lipinski definition) is 1. The number of rotatable bonds is 3. The molecule has 90 valence electrons. The van der Waals surface area contributed by atoms with Crippen molar-refractivity contribution in [2.75, 3.05) is 5.32 Å². The molecule has 0 unspecified atom stereocenters. The minimum atomic E-state index is 0.661. The van der Waals surface area contributed by atoms with Crippen LogP contribution in [0.5, 0.6) is 0 Å². The van der Waals surface area contributed by atoms with E-state index in [2.05, 4.69) is 37.3 Å². The lowest BCUT2D eigenvalue weighted by molar-refractivity contribution is 1.01. The zero-order chi connectivity index (χ0) is 13.0. The van der Waals surface area contributed by atoms with E-state index in [0.29, 0.717) is 17.9 Å². The van der Waals surface area contributed by atoms with Crippen LogP contribution in [-0.4, -0.2) is 9.97 Å². The highest BCUT2D eigenvalue weighted by atomic mass is 79.9. The van der Waals surface area contributed by atoms with Crippen molar-refractivity contribution in [3.63, 3.8) is 0 Å². The van der Waals surface area contributed by atoms with E-state index < -0.39 is 0 Å². The van der Waals surface area contributed by atoms with Gasteiger partial charge in [-0.15, -0.1) is 0 Å². The highest BCUT2D eigenvalue weighted by molar-refractivity contribution is 9.10. The summed E-state index contributed by atoms with van der Waals surface area (Å²) < 4.78 is 0.761. The largest absolute Gasteiger partial charge is 0.366 e. The van der Waals surface area contributed by atoms with Gasteiger partial charge in [-0.3, -0.25) is 0 Å². The van der Waals surface area contributed by atoms with Crippen molar-refractivity contribution in [3.8, 4) is 6.07 Å². The Balaban J connectivity index is 2.04. The zero-order valence-corrected chi connectivity index (χ0v) is 11.4. The van der Waals surface area contributed by atoms with E-state index >= 15 is 0 Å². The van der Waals surface area contributed by atoms with Gasteiger partial charge in [-0.05, 0) is 40.5 Å². The lowest BCUT2D eigenvalue weighted by atomic mass is 10.1. The van der Waals surface area contributed by atoms with Crippen molar-refractivity contribution >= 4 is 21.7 Å². The van der Waals surface area contributed by atoms with Crippen LogP contribution in [0.1, 0.15) is 17.0 Å². The minimum absolute atomic E-state index is 0.661. The van der Waals surface area contributed by atoms with E-state index in [1.807, 2.05) is 25.1 Å². The van der Waals surface area contributed by atoms with E-state index in [1.165, 1.54) is 0 Å². The minimum Gasteiger partial charge on any atom is -0.366 e. The van der Waals surface area contributed by atoms with Crippen molar-refractivity contribution < 1.29 is 0 Å². The Kier molecular flexibility index (Phi) is 3.90. The second-order valence-electron chi connectivity index (χ2n) is 3.79. The summed E-state index contributed by atoms with van der Waals surface area (Å²) in [5.41, 5.74) is 1.76. The highest BCUT2D eigenvalue weighted by Crippen LogP contribution is 2.13. The zero-order valence-electron chi connectivity index (χ0n) is 9.81. The average molecular weight is 303 g/mol. The number of nitrogens with one attached hydrogen (secondary N) is 1. The second-order valence-corrected chi connectivity index (χ2v) is 4.60. The number of nitrogens with zero attached hydrogens (tertiary/aromatic N) is 3. The Hall–Kier alpha value is -1.93. The number of nitriles is 1. The van der Waals surface area contributed by atoms with Gasteiger partial charge in [0.15, 0.2) is 0 Å². The Morgan fingerprint density at radius 2 is 2.00 bits per heavy atom. The smallest absolute Gasteiger partial charge is 0.131 e. The van der Waals surface area contributed by atoms with Crippen LogP contribution in [0.25, 0.3) is 0 Å². The fourth-order valence-corrected chi connectivity index (χ4v) is 1.99. The van der Waals surface area contributed by atoms with Gasteiger partial charge in [-0.25, -0.2) is 9.97 Å². The molecule has 5 heteroatoms. The molecule has 0 spiro atoms. The van der Waals surface area contributed by atoms with E-state index in [0.717, 1.165) is 16.0 Å². The molecule has 18 heavy (non-hydrogen) atoms. The molecular formula is C13H11BrN4. The van der Waals surface area contributed by atoms with Crippen LogP contribution in [0, 0.1) is 18.3 Å². The summed E-state index contributed by atoms with van der Waals surface area (Å²) in [6.07, 6.45) is 0. The first-order chi connectivity index (χ1) is 8.67. The molecular weight excluding hydrogens is 292 g/mol. The molecule has 0 bridgehead atoms. The molecule has 1 N–H and O–H groups in total. The molecule has 0 saturated heterocycles. The Labute approximate surface area is 114 Å². The van der Waals surface area contributed by atoms with Crippen molar-refractivity contribution in [2.24, 2.45) is 0 Å². The lowest BCUT2D eigenvalue weighted by Gasteiger charge is -2.06. The molecule has 0 aliphatic rings. The van der Waals surface area contributed by atoms with Gasteiger partial charge in [-0.1, -0.05) is 12.1 Å². The Morgan fingerprint density at radius 1 is 1.28 bits per heavy atom. The predicted molar refractivity (Wildman–Crippen MR) is 73.0 cm³/mol. The summed E-state index contributed by atoms with van der Waals surface area (Å²) in [6.45, 7) is 2.51. The summed E-state index contributed by atoms with van der Waals surface area (Å²) in [4.78, 5) is 8.42. The van der Waals surface area contributed by atoms with E-state index in [1.54, 1.807) is 12.1 Å². The van der Waals surface area contributed by atoms with E-state index in [-0.39, 0.29) is 0 Å². The van der Waals surface area contributed by atoms with Crippen molar-refractivity contribution in [1.82, 2.24) is 9.97 Å². The maximum atomic E-state index is 8.71. The molecule has 0 radical (unpaired) electrons. The molecule has 1 aromatic heterocycles. The van der Waals surface area contributed by atoms with Gasteiger partial charge in [0.25, 0.3) is 0 Å². The first-order valence-corrected chi connectivity index (χ1v) is 6.21. The standard InChI is InChI=1S/C13H11BrN4/c1-9-17-12(14)6-13(18-9)16-8-11-4-2-10(7-15)3-5-11/h2-6H,8H2,1H3,(H,16,17,18).